The molecule has 0 unspecified atom stereocenters. The van der Waals surface area contributed by atoms with Crippen LogP contribution in [0, 0.1) is 0 Å². The minimum Gasteiger partial charge on any atom is -0.744 e. The Balaban J connectivity index is 3.48. The van der Waals surface area contributed by atoms with Gasteiger partial charge in [0, 0.05) is 0 Å². The molecule has 0 spiro atoms. The van der Waals surface area contributed by atoms with E-state index >= 15 is 0 Å². The van der Waals surface area contributed by atoms with Crippen molar-refractivity contribution >= 4 is 22.1 Å². The predicted octanol–water partition coefficient (Wildman–Crippen LogP) is 0.164. The standard InChI is InChI=1S/C10H10O7S/c1-16-9(11)6-3-7(10(12)17-2)5-8(4-6)18(13,14)15/h3-5H,1-2H3,(H,13,14,15)/p-1. The fraction of sp³-hybridized carbons (Fsp3) is 0.200. The molecule has 0 bridgehead atoms. The highest BCUT2D eigenvalue weighted by Gasteiger charge is 2.16. The largest absolute Gasteiger partial charge is 0.744 e. The van der Waals surface area contributed by atoms with Gasteiger partial charge in [0.15, 0.2) is 0 Å². The van der Waals surface area contributed by atoms with Crippen LogP contribution in [0.5, 0.6) is 0 Å². The van der Waals surface area contributed by atoms with E-state index in [0.717, 1.165) is 32.4 Å². The van der Waals surface area contributed by atoms with Crippen LogP contribution in [0.15, 0.2) is 23.1 Å². The summed E-state index contributed by atoms with van der Waals surface area (Å²) >= 11 is 0. The summed E-state index contributed by atoms with van der Waals surface area (Å²) in [6, 6.07) is 2.74. The number of rotatable bonds is 3. The van der Waals surface area contributed by atoms with E-state index in [-0.39, 0.29) is 11.1 Å². The number of ether oxygens (including phenoxy) is 2. The second-order valence-electron chi connectivity index (χ2n) is 3.18. The average Bonchev–Trinajstić information content (AvgIpc) is 2.35. The van der Waals surface area contributed by atoms with Gasteiger partial charge < -0.3 is 14.0 Å². The Kier molecular flexibility index (Phi) is 4.04. The molecule has 0 atom stereocenters. The Morgan fingerprint density at radius 3 is 1.67 bits per heavy atom. The normalized spacial score (nSPS) is 10.8. The highest BCUT2D eigenvalue weighted by atomic mass is 32.2. The zero-order chi connectivity index (χ0) is 13.9. The van der Waals surface area contributed by atoms with Gasteiger partial charge in [-0.3, -0.25) is 0 Å². The van der Waals surface area contributed by atoms with E-state index in [1.165, 1.54) is 0 Å². The van der Waals surface area contributed by atoms with Gasteiger partial charge >= 0.3 is 11.9 Å². The van der Waals surface area contributed by atoms with Crippen LogP contribution in [0.1, 0.15) is 20.7 Å². The molecule has 1 aromatic carbocycles. The third kappa shape index (κ3) is 3.05. The molecule has 0 saturated carbocycles. The highest BCUT2D eigenvalue weighted by molar-refractivity contribution is 7.85. The van der Waals surface area contributed by atoms with E-state index in [1.807, 2.05) is 0 Å². The van der Waals surface area contributed by atoms with Crippen LogP contribution in [0.2, 0.25) is 0 Å². The SMILES string of the molecule is COC(=O)c1cc(C(=O)OC)cc(S(=O)(=O)[O-])c1. The minimum absolute atomic E-state index is 0.227. The molecule has 0 aliphatic rings. The van der Waals surface area contributed by atoms with Gasteiger partial charge in [-0.05, 0) is 18.2 Å². The molecule has 18 heavy (non-hydrogen) atoms. The number of benzene rings is 1. The Morgan fingerprint density at radius 2 is 1.39 bits per heavy atom. The number of methoxy groups -OCH3 is 2. The topological polar surface area (TPSA) is 110 Å². The summed E-state index contributed by atoms with van der Waals surface area (Å²) in [5, 5.41) is 0. The molecule has 0 N–H and O–H groups in total. The first-order valence-corrected chi connectivity index (χ1v) is 5.98. The molecule has 0 radical (unpaired) electrons. The first-order chi connectivity index (χ1) is 8.29. The van der Waals surface area contributed by atoms with Crippen LogP contribution in [0.25, 0.3) is 0 Å². The molecule has 0 amide bonds. The Bertz CT molecular complexity index is 554. The number of carbonyl (C=O) groups is 2. The predicted molar refractivity (Wildman–Crippen MR) is 57.1 cm³/mol. The van der Waals surface area contributed by atoms with Gasteiger partial charge in [-0.1, -0.05) is 0 Å². The van der Waals surface area contributed by atoms with Gasteiger partial charge in [0.1, 0.15) is 10.1 Å². The number of hydrogen-bond donors (Lipinski definition) is 0. The van der Waals surface area contributed by atoms with Crippen LogP contribution in [-0.2, 0) is 19.6 Å². The van der Waals surface area contributed by atoms with E-state index in [0.29, 0.717) is 0 Å². The van der Waals surface area contributed by atoms with E-state index in [4.69, 9.17) is 0 Å². The molecule has 0 aliphatic carbocycles. The maximum Gasteiger partial charge on any atom is 0.337 e. The number of esters is 2. The summed E-state index contributed by atoms with van der Waals surface area (Å²) in [5.41, 5.74) is -0.454. The van der Waals surface area contributed by atoms with E-state index in [1.54, 1.807) is 0 Å². The second-order valence-corrected chi connectivity index (χ2v) is 4.56. The number of carbonyl (C=O) groups excluding carboxylic acids is 2. The monoisotopic (exact) mass is 273 g/mol. The summed E-state index contributed by atoms with van der Waals surface area (Å²) in [6.45, 7) is 0. The zero-order valence-corrected chi connectivity index (χ0v) is 10.3. The third-order valence-electron chi connectivity index (χ3n) is 2.04. The smallest absolute Gasteiger partial charge is 0.337 e. The van der Waals surface area contributed by atoms with Gasteiger partial charge in [0.25, 0.3) is 0 Å². The fourth-order valence-corrected chi connectivity index (χ4v) is 1.76. The molecular weight excluding hydrogens is 264 g/mol. The van der Waals surface area contributed by atoms with Crippen molar-refractivity contribution in [3.05, 3.63) is 29.3 Å². The Morgan fingerprint density at radius 1 is 1.00 bits per heavy atom. The van der Waals surface area contributed by atoms with E-state index in [9.17, 15) is 22.6 Å². The first-order valence-electron chi connectivity index (χ1n) is 4.57. The average molecular weight is 273 g/mol. The lowest BCUT2D eigenvalue weighted by atomic mass is 10.1. The maximum atomic E-state index is 11.3. The number of hydrogen-bond acceptors (Lipinski definition) is 7. The van der Waals surface area contributed by atoms with Crippen molar-refractivity contribution in [2.75, 3.05) is 14.2 Å². The van der Waals surface area contributed by atoms with Gasteiger partial charge in [-0.25, -0.2) is 18.0 Å². The lowest BCUT2D eigenvalue weighted by Crippen LogP contribution is -2.10. The Labute approximate surface area is 103 Å². The molecule has 1 rings (SSSR count). The van der Waals surface area contributed by atoms with Gasteiger partial charge in [-0.15, -0.1) is 0 Å². The zero-order valence-electron chi connectivity index (χ0n) is 9.50. The van der Waals surface area contributed by atoms with Crippen LogP contribution in [0.3, 0.4) is 0 Å². The van der Waals surface area contributed by atoms with Crippen molar-refractivity contribution < 1.29 is 32.0 Å². The maximum absolute atomic E-state index is 11.3. The highest BCUT2D eigenvalue weighted by Crippen LogP contribution is 2.16. The van der Waals surface area contributed by atoms with Crippen LogP contribution >= 0.6 is 0 Å². The van der Waals surface area contributed by atoms with Crippen molar-refractivity contribution in [2.24, 2.45) is 0 Å². The molecule has 0 heterocycles. The summed E-state index contributed by atoms with van der Waals surface area (Å²) in [4.78, 5) is 21.9. The molecular formula is C10H9O7S-. The van der Waals surface area contributed by atoms with Crippen LogP contribution < -0.4 is 0 Å². The van der Waals surface area contributed by atoms with Crippen molar-refractivity contribution in [1.82, 2.24) is 0 Å². The molecule has 1 aromatic rings. The lowest BCUT2D eigenvalue weighted by molar-refractivity contribution is 0.0598. The second kappa shape index (κ2) is 5.15. The molecule has 7 nitrogen and oxygen atoms in total. The van der Waals surface area contributed by atoms with E-state index in [2.05, 4.69) is 9.47 Å². The molecule has 0 aliphatic heterocycles. The van der Waals surface area contributed by atoms with Crippen molar-refractivity contribution in [2.45, 2.75) is 4.90 Å². The molecule has 0 saturated heterocycles. The van der Waals surface area contributed by atoms with Gasteiger partial charge in [-0.2, -0.15) is 0 Å². The van der Waals surface area contributed by atoms with Crippen LogP contribution in [-0.4, -0.2) is 39.1 Å². The summed E-state index contributed by atoms with van der Waals surface area (Å²) < 4.78 is 41.5. The first kappa shape index (κ1) is 14.1. The lowest BCUT2D eigenvalue weighted by Gasteiger charge is -2.10. The summed E-state index contributed by atoms with van der Waals surface area (Å²) in [6.07, 6.45) is 0. The quantitative estimate of drug-likeness (QED) is 0.570. The Hall–Kier alpha value is -1.93. The van der Waals surface area contributed by atoms with E-state index < -0.39 is 27.0 Å². The molecule has 98 valence electrons. The van der Waals surface area contributed by atoms with Crippen molar-refractivity contribution in [1.29, 1.82) is 0 Å². The fourth-order valence-electron chi connectivity index (χ4n) is 1.21. The summed E-state index contributed by atoms with van der Waals surface area (Å²) in [5.74, 6) is -1.74. The van der Waals surface area contributed by atoms with Crippen molar-refractivity contribution in [3.8, 4) is 0 Å². The molecule has 8 heteroatoms. The van der Waals surface area contributed by atoms with Crippen LogP contribution in [0.4, 0.5) is 0 Å². The van der Waals surface area contributed by atoms with Gasteiger partial charge in [0.05, 0.1) is 30.2 Å². The molecule has 0 aromatic heterocycles. The van der Waals surface area contributed by atoms with Gasteiger partial charge in [0.2, 0.25) is 0 Å². The molecule has 0 fully saturated rings. The summed E-state index contributed by atoms with van der Waals surface area (Å²) in [7, 11) is -2.63. The minimum atomic E-state index is -4.80. The van der Waals surface area contributed by atoms with Crippen molar-refractivity contribution in [3.63, 3.8) is 0 Å². The third-order valence-corrected chi connectivity index (χ3v) is 2.85.